The summed E-state index contributed by atoms with van der Waals surface area (Å²) >= 11 is 0. The molecule has 0 aliphatic rings. The molecule has 0 unspecified atom stereocenters. The number of anilines is 1. The lowest BCUT2D eigenvalue weighted by atomic mass is 10.3. The van der Waals surface area contributed by atoms with Gasteiger partial charge in [-0.2, -0.15) is 4.94 Å². The first-order chi connectivity index (χ1) is 6.11. The van der Waals surface area contributed by atoms with E-state index in [4.69, 9.17) is 5.84 Å². The molecule has 0 heterocycles. The molecule has 0 saturated carbocycles. The average molecular weight is 187 g/mol. The summed E-state index contributed by atoms with van der Waals surface area (Å²) < 4.78 is 12.9. The Labute approximate surface area is 72.3 Å². The van der Waals surface area contributed by atoms with Gasteiger partial charge in [0.2, 0.25) is 0 Å². The SMILES string of the molecule is NN(O[N+](=O)[O-])c1ccccc1F. The molecule has 1 aromatic rings. The number of nitrogens with zero attached hydrogens (tertiary/aromatic N) is 2. The van der Waals surface area contributed by atoms with Crippen LogP contribution < -0.4 is 11.0 Å². The maximum Gasteiger partial charge on any atom is 0.318 e. The minimum absolute atomic E-state index is 0.209. The van der Waals surface area contributed by atoms with Crippen LogP contribution in [0.2, 0.25) is 0 Å². The number of para-hydroxylation sites is 1. The summed E-state index contributed by atoms with van der Waals surface area (Å²) in [7, 11) is 0. The van der Waals surface area contributed by atoms with Gasteiger partial charge in [-0.15, -0.1) is 15.3 Å². The van der Waals surface area contributed by atoms with Gasteiger partial charge in [-0.3, -0.25) is 0 Å². The molecule has 0 amide bonds. The van der Waals surface area contributed by atoms with Crippen LogP contribution in [0.3, 0.4) is 0 Å². The Bertz CT molecular complexity index is 320. The Morgan fingerprint density at radius 3 is 2.69 bits per heavy atom. The van der Waals surface area contributed by atoms with Gasteiger partial charge >= 0.3 is 5.09 Å². The third-order valence-corrected chi connectivity index (χ3v) is 1.24. The van der Waals surface area contributed by atoms with Crippen molar-refractivity contribution in [3.8, 4) is 0 Å². The van der Waals surface area contributed by atoms with E-state index in [2.05, 4.69) is 4.94 Å². The van der Waals surface area contributed by atoms with Crippen molar-refractivity contribution in [3.05, 3.63) is 40.2 Å². The fraction of sp³-hybridized carbons (Fsp3) is 0. The van der Waals surface area contributed by atoms with Crippen LogP contribution in [0, 0.1) is 15.9 Å². The molecular formula is C6H6FN3O3. The fourth-order valence-electron chi connectivity index (χ4n) is 0.746. The molecule has 1 rings (SSSR count). The third-order valence-electron chi connectivity index (χ3n) is 1.24. The predicted molar refractivity (Wildman–Crippen MR) is 41.1 cm³/mol. The predicted octanol–water partition coefficient (Wildman–Crippen LogP) is 0.629. The standard InChI is InChI=1S/C6H6FN3O3/c7-5-3-1-2-4-6(5)9(8)13-10(11)12/h1-4H,8H2. The molecule has 7 heteroatoms. The Morgan fingerprint density at radius 1 is 1.54 bits per heavy atom. The molecule has 2 N–H and O–H groups in total. The Morgan fingerprint density at radius 2 is 2.15 bits per heavy atom. The van der Waals surface area contributed by atoms with Gasteiger partial charge in [0.05, 0.1) is 0 Å². The first kappa shape index (κ1) is 9.20. The molecule has 0 aromatic heterocycles. The highest BCUT2D eigenvalue weighted by molar-refractivity contribution is 5.43. The quantitative estimate of drug-likeness (QED) is 0.426. The number of halogens is 1. The highest BCUT2D eigenvalue weighted by Crippen LogP contribution is 2.15. The molecule has 0 aliphatic carbocycles. The van der Waals surface area contributed by atoms with Crippen LogP contribution in [-0.4, -0.2) is 5.09 Å². The summed E-state index contributed by atoms with van der Waals surface area (Å²) in [4.78, 5) is 13.6. The maximum absolute atomic E-state index is 12.9. The van der Waals surface area contributed by atoms with E-state index in [1.54, 1.807) is 0 Å². The van der Waals surface area contributed by atoms with Crippen LogP contribution >= 0.6 is 0 Å². The molecule has 0 saturated heterocycles. The molecule has 0 fully saturated rings. The van der Waals surface area contributed by atoms with Crippen LogP contribution in [-0.2, 0) is 4.94 Å². The second-order valence-electron chi connectivity index (χ2n) is 2.08. The van der Waals surface area contributed by atoms with E-state index < -0.39 is 10.9 Å². The summed E-state index contributed by atoms with van der Waals surface area (Å²) in [5, 5.41) is 8.95. The zero-order valence-corrected chi connectivity index (χ0v) is 6.38. The van der Waals surface area contributed by atoms with Crippen molar-refractivity contribution >= 4 is 5.69 Å². The van der Waals surface area contributed by atoms with Crippen LogP contribution in [0.1, 0.15) is 0 Å². The molecular weight excluding hydrogens is 181 g/mol. The van der Waals surface area contributed by atoms with Gasteiger partial charge in [-0.25, -0.2) is 10.2 Å². The molecule has 0 bridgehead atoms. The van der Waals surface area contributed by atoms with Crippen LogP contribution in [0.15, 0.2) is 24.3 Å². The van der Waals surface area contributed by atoms with E-state index in [0.717, 1.165) is 6.07 Å². The van der Waals surface area contributed by atoms with E-state index >= 15 is 0 Å². The lowest BCUT2D eigenvalue weighted by Crippen LogP contribution is -2.34. The fourth-order valence-corrected chi connectivity index (χ4v) is 0.746. The van der Waals surface area contributed by atoms with Crippen LogP contribution in [0.25, 0.3) is 0 Å². The van der Waals surface area contributed by atoms with Gasteiger partial charge in [-0.05, 0) is 12.1 Å². The van der Waals surface area contributed by atoms with Gasteiger partial charge in [0.15, 0.2) is 0 Å². The van der Waals surface area contributed by atoms with Gasteiger partial charge < -0.3 is 0 Å². The summed E-state index contributed by atoms with van der Waals surface area (Å²) in [6.45, 7) is 0. The Hall–Kier alpha value is -1.89. The summed E-state index contributed by atoms with van der Waals surface area (Å²) in [5.74, 6) is 4.32. The van der Waals surface area contributed by atoms with Gasteiger partial charge in [0.1, 0.15) is 11.5 Å². The lowest BCUT2D eigenvalue weighted by Gasteiger charge is -2.13. The molecule has 6 nitrogen and oxygen atoms in total. The Balaban J connectivity index is 2.82. The summed E-state index contributed by atoms with van der Waals surface area (Å²) in [6, 6.07) is 5.26. The molecule has 0 spiro atoms. The molecule has 0 radical (unpaired) electrons. The van der Waals surface area contributed by atoms with Gasteiger partial charge in [0, 0.05) is 0 Å². The number of hydrazine groups is 1. The van der Waals surface area contributed by atoms with Crippen molar-refractivity contribution < 1.29 is 14.4 Å². The topological polar surface area (TPSA) is 81.6 Å². The van der Waals surface area contributed by atoms with E-state index in [1.165, 1.54) is 18.2 Å². The largest absolute Gasteiger partial charge is 0.318 e. The van der Waals surface area contributed by atoms with E-state index in [0.29, 0.717) is 0 Å². The number of nitrogens with two attached hydrogens (primary N) is 1. The summed E-state index contributed by atoms with van der Waals surface area (Å²) in [6.07, 6.45) is 0. The van der Waals surface area contributed by atoms with Crippen molar-refractivity contribution in [2.24, 2.45) is 5.84 Å². The zero-order valence-electron chi connectivity index (χ0n) is 6.38. The van der Waals surface area contributed by atoms with Crippen LogP contribution in [0.4, 0.5) is 10.1 Å². The number of hydrogen-bond donors (Lipinski definition) is 1. The highest BCUT2D eigenvalue weighted by Gasteiger charge is 2.10. The first-order valence-corrected chi connectivity index (χ1v) is 3.23. The first-order valence-electron chi connectivity index (χ1n) is 3.23. The van der Waals surface area contributed by atoms with Crippen molar-refractivity contribution in [1.82, 2.24) is 0 Å². The highest BCUT2D eigenvalue weighted by atomic mass is 19.1. The van der Waals surface area contributed by atoms with Crippen molar-refractivity contribution in [2.45, 2.75) is 0 Å². The van der Waals surface area contributed by atoms with E-state index in [-0.39, 0.29) is 10.9 Å². The lowest BCUT2D eigenvalue weighted by molar-refractivity contribution is -0.762. The summed E-state index contributed by atoms with van der Waals surface area (Å²) in [5.41, 5.74) is -0.209. The van der Waals surface area contributed by atoms with Crippen molar-refractivity contribution in [2.75, 3.05) is 5.17 Å². The normalized spacial score (nSPS) is 9.38. The minimum Gasteiger partial charge on any atom is -0.223 e. The number of hydrogen-bond acceptors (Lipinski definition) is 5. The average Bonchev–Trinajstić information content (AvgIpc) is 2.03. The Kier molecular flexibility index (Phi) is 2.60. The zero-order chi connectivity index (χ0) is 9.84. The molecule has 70 valence electrons. The van der Waals surface area contributed by atoms with Crippen LogP contribution in [0.5, 0.6) is 0 Å². The second kappa shape index (κ2) is 3.68. The van der Waals surface area contributed by atoms with Gasteiger partial charge in [-0.1, -0.05) is 12.1 Å². The monoisotopic (exact) mass is 187 g/mol. The number of benzene rings is 1. The van der Waals surface area contributed by atoms with Crippen molar-refractivity contribution in [3.63, 3.8) is 0 Å². The third kappa shape index (κ3) is 2.27. The molecule has 1 aromatic carbocycles. The van der Waals surface area contributed by atoms with Crippen molar-refractivity contribution in [1.29, 1.82) is 0 Å². The minimum atomic E-state index is -1.13. The second-order valence-corrected chi connectivity index (χ2v) is 2.08. The van der Waals surface area contributed by atoms with E-state index in [9.17, 15) is 14.5 Å². The maximum atomic E-state index is 12.9. The smallest absolute Gasteiger partial charge is 0.223 e. The molecule has 13 heavy (non-hydrogen) atoms. The molecule has 0 aliphatic heterocycles. The molecule has 0 atom stereocenters. The number of rotatable bonds is 3. The van der Waals surface area contributed by atoms with Gasteiger partial charge in [0.25, 0.3) is 0 Å². The van der Waals surface area contributed by atoms with E-state index in [1.807, 2.05) is 0 Å².